The molecule has 1 heteroatoms. The molecule has 1 aromatic rings. The molecule has 0 saturated heterocycles. The van der Waals surface area contributed by atoms with Gasteiger partial charge in [-0.05, 0) is 29.9 Å². The number of benzene rings is 1. The molecule has 0 bridgehead atoms. The summed E-state index contributed by atoms with van der Waals surface area (Å²) < 4.78 is 0. The second-order valence-corrected chi connectivity index (χ2v) is 6.06. The Kier molecular flexibility index (Phi) is 7.81. The van der Waals surface area contributed by atoms with E-state index in [-0.39, 0.29) is 6.10 Å². The summed E-state index contributed by atoms with van der Waals surface area (Å²) in [4.78, 5) is 0. The lowest BCUT2D eigenvalue weighted by Crippen LogP contribution is -1.99. The minimum absolute atomic E-state index is 0.283. The van der Waals surface area contributed by atoms with E-state index in [1.54, 1.807) is 0 Å². The molecule has 0 aliphatic rings. The molecule has 1 N–H and O–H groups in total. The Morgan fingerprint density at radius 2 is 1.58 bits per heavy atom. The van der Waals surface area contributed by atoms with E-state index in [4.69, 9.17) is 0 Å². The second kappa shape index (κ2) is 9.14. The van der Waals surface area contributed by atoms with E-state index in [0.717, 1.165) is 24.8 Å². The molecule has 0 heterocycles. The molecule has 1 rings (SSSR count). The van der Waals surface area contributed by atoms with Crippen molar-refractivity contribution >= 4 is 0 Å². The van der Waals surface area contributed by atoms with Gasteiger partial charge in [-0.15, -0.1) is 0 Å². The van der Waals surface area contributed by atoms with Crippen LogP contribution >= 0.6 is 0 Å². The minimum Gasteiger partial charge on any atom is -0.388 e. The zero-order valence-corrected chi connectivity index (χ0v) is 12.9. The predicted molar refractivity (Wildman–Crippen MR) is 83.3 cm³/mol. The van der Waals surface area contributed by atoms with Gasteiger partial charge in [-0.1, -0.05) is 77.1 Å². The minimum atomic E-state index is -0.283. The average molecular weight is 262 g/mol. The van der Waals surface area contributed by atoms with Crippen LogP contribution in [0.15, 0.2) is 24.3 Å². The summed E-state index contributed by atoms with van der Waals surface area (Å²) in [5.74, 6) is 0.689. The molecule has 0 amide bonds. The molecule has 1 atom stereocenters. The number of hydrogen-bond acceptors (Lipinski definition) is 1. The third-order valence-corrected chi connectivity index (χ3v) is 3.59. The summed E-state index contributed by atoms with van der Waals surface area (Å²) in [6.45, 7) is 6.70. The maximum atomic E-state index is 10.1. The van der Waals surface area contributed by atoms with E-state index in [1.165, 1.54) is 31.2 Å². The lowest BCUT2D eigenvalue weighted by molar-refractivity contribution is 0.163. The number of aliphatic hydroxyl groups is 1. The fourth-order valence-electron chi connectivity index (χ4n) is 2.46. The first-order valence-electron chi connectivity index (χ1n) is 7.90. The van der Waals surface area contributed by atoms with Crippen molar-refractivity contribution in [1.82, 2.24) is 0 Å². The van der Waals surface area contributed by atoms with Crippen molar-refractivity contribution in [2.24, 2.45) is 5.92 Å². The Balaban J connectivity index is 2.33. The van der Waals surface area contributed by atoms with Gasteiger partial charge in [0.05, 0.1) is 6.10 Å². The molecule has 19 heavy (non-hydrogen) atoms. The maximum absolute atomic E-state index is 10.1. The molecule has 108 valence electrons. The molecule has 1 aromatic carbocycles. The van der Waals surface area contributed by atoms with Crippen LogP contribution in [0, 0.1) is 5.92 Å². The quantitative estimate of drug-likeness (QED) is 0.600. The Morgan fingerprint density at radius 3 is 2.16 bits per heavy atom. The highest BCUT2D eigenvalue weighted by atomic mass is 16.3. The Morgan fingerprint density at radius 1 is 0.947 bits per heavy atom. The van der Waals surface area contributed by atoms with Crippen molar-refractivity contribution in [2.75, 3.05) is 0 Å². The zero-order chi connectivity index (χ0) is 14.1. The molecule has 0 aliphatic carbocycles. The normalized spacial score (nSPS) is 12.9. The summed E-state index contributed by atoms with van der Waals surface area (Å²) in [6, 6.07) is 8.51. The molecular formula is C18H30O. The van der Waals surface area contributed by atoms with Crippen LogP contribution in [0.25, 0.3) is 0 Å². The summed E-state index contributed by atoms with van der Waals surface area (Å²) in [5.41, 5.74) is 2.44. The average Bonchev–Trinajstić information content (AvgIpc) is 2.38. The van der Waals surface area contributed by atoms with Crippen molar-refractivity contribution < 1.29 is 5.11 Å². The first-order valence-corrected chi connectivity index (χ1v) is 7.90. The fraction of sp³-hybridized carbons (Fsp3) is 0.667. The highest BCUT2D eigenvalue weighted by Gasteiger charge is 2.07. The zero-order valence-electron chi connectivity index (χ0n) is 12.9. The monoisotopic (exact) mass is 262 g/mol. The van der Waals surface area contributed by atoms with E-state index < -0.39 is 0 Å². The summed E-state index contributed by atoms with van der Waals surface area (Å²) in [7, 11) is 0. The van der Waals surface area contributed by atoms with Crippen molar-refractivity contribution in [1.29, 1.82) is 0 Å². The van der Waals surface area contributed by atoms with Crippen LogP contribution in [0.3, 0.4) is 0 Å². The van der Waals surface area contributed by atoms with E-state index in [2.05, 4.69) is 45.0 Å². The Labute approximate surface area is 119 Å². The van der Waals surface area contributed by atoms with E-state index in [9.17, 15) is 5.11 Å². The van der Waals surface area contributed by atoms with E-state index >= 15 is 0 Å². The van der Waals surface area contributed by atoms with Crippen LogP contribution in [0.2, 0.25) is 0 Å². The molecule has 0 saturated carbocycles. The molecular weight excluding hydrogens is 232 g/mol. The van der Waals surface area contributed by atoms with Crippen LogP contribution in [0.4, 0.5) is 0 Å². The lowest BCUT2D eigenvalue weighted by Gasteiger charge is -2.12. The smallest absolute Gasteiger partial charge is 0.0790 e. The van der Waals surface area contributed by atoms with Crippen molar-refractivity contribution in [3.8, 4) is 0 Å². The number of unbranched alkanes of at least 4 members (excludes halogenated alkanes) is 4. The van der Waals surface area contributed by atoms with Gasteiger partial charge in [0, 0.05) is 0 Å². The van der Waals surface area contributed by atoms with Gasteiger partial charge >= 0.3 is 0 Å². The molecule has 0 aromatic heterocycles. The third kappa shape index (κ3) is 6.77. The van der Waals surface area contributed by atoms with Crippen molar-refractivity contribution in [3.05, 3.63) is 35.4 Å². The van der Waals surface area contributed by atoms with Crippen LogP contribution in [0.1, 0.15) is 76.5 Å². The van der Waals surface area contributed by atoms with Gasteiger partial charge < -0.3 is 5.11 Å². The standard InChI is InChI=1S/C18H30O/c1-4-5-6-7-8-9-18(19)17-12-10-16(11-13-17)14-15(2)3/h10-13,15,18-19H,4-9,14H2,1-3H3. The van der Waals surface area contributed by atoms with Gasteiger partial charge in [-0.25, -0.2) is 0 Å². The van der Waals surface area contributed by atoms with Gasteiger partial charge in [0.1, 0.15) is 0 Å². The van der Waals surface area contributed by atoms with Crippen LogP contribution in [0.5, 0.6) is 0 Å². The Bertz CT molecular complexity index is 326. The van der Waals surface area contributed by atoms with E-state index in [1.807, 2.05) is 0 Å². The number of aliphatic hydroxyl groups excluding tert-OH is 1. The number of rotatable bonds is 9. The van der Waals surface area contributed by atoms with Gasteiger partial charge in [0.25, 0.3) is 0 Å². The predicted octanol–water partition coefficient (Wildman–Crippen LogP) is 5.28. The number of hydrogen-bond donors (Lipinski definition) is 1. The molecule has 0 radical (unpaired) electrons. The van der Waals surface area contributed by atoms with Gasteiger partial charge in [0.2, 0.25) is 0 Å². The van der Waals surface area contributed by atoms with Gasteiger partial charge in [-0.3, -0.25) is 0 Å². The summed E-state index contributed by atoms with van der Waals surface area (Å²) in [5, 5.41) is 10.1. The lowest BCUT2D eigenvalue weighted by atomic mass is 9.98. The first-order chi connectivity index (χ1) is 9.13. The van der Waals surface area contributed by atoms with Crippen LogP contribution in [-0.2, 0) is 6.42 Å². The topological polar surface area (TPSA) is 20.2 Å². The second-order valence-electron chi connectivity index (χ2n) is 6.06. The highest BCUT2D eigenvalue weighted by Crippen LogP contribution is 2.21. The summed E-state index contributed by atoms with van der Waals surface area (Å²) >= 11 is 0. The van der Waals surface area contributed by atoms with Crippen LogP contribution in [-0.4, -0.2) is 5.11 Å². The van der Waals surface area contributed by atoms with Crippen molar-refractivity contribution in [3.63, 3.8) is 0 Å². The third-order valence-electron chi connectivity index (χ3n) is 3.59. The SMILES string of the molecule is CCCCCCCC(O)c1ccc(CC(C)C)cc1. The summed E-state index contributed by atoms with van der Waals surface area (Å²) in [6.07, 6.45) is 8.01. The van der Waals surface area contributed by atoms with Crippen LogP contribution < -0.4 is 0 Å². The highest BCUT2D eigenvalue weighted by molar-refractivity contribution is 5.24. The largest absolute Gasteiger partial charge is 0.388 e. The van der Waals surface area contributed by atoms with Gasteiger partial charge in [0.15, 0.2) is 0 Å². The maximum Gasteiger partial charge on any atom is 0.0790 e. The molecule has 1 unspecified atom stereocenters. The molecule has 0 fully saturated rings. The van der Waals surface area contributed by atoms with Gasteiger partial charge in [-0.2, -0.15) is 0 Å². The van der Waals surface area contributed by atoms with E-state index in [0.29, 0.717) is 5.92 Å². The van der Waals surface area contributed by atoms with Crippen molar-refractivity contribution in [2.45, 2.75) is 71.8 Å². The molecule has 0 aliphatic heterocycles. The first kappa shape index (κ1) is 16.2. The Hall–Kier alpha value is -0.820. The molecule has 0 spiro atoms. The fourth-order valence-corrected chi connectivity index (χ4v) is 2.46. The molecule has 1 nitrogen and oxygen atoms in total.